The first kappa shape index (κ1) is 18.8. The van der Waals surface area contributed by atoms with Crippen molar-refractivity contribution in [2.45, 2.75) is 33.6 Å². The number of oxazole rings is 1. The van der Waals surface area contributed by atoms with Gasteiger partial charge in [0.15, 0.2) is 0 Å². The van der Waals surface area contributed by atoms with Gasteiger partial charge in [0.2, 0.25) is 11.8 Å². The predicted molar refractivity (Wildman–Crippen MR) is 104 cm³/mol. The first-order chi connectivity index (χ1) is 13.0. The van der Waals surface area contributed by atoms with E-state index < -0.39 is 0 Å². The number of nitrogens with zero attached hydrogens (tertiary/aromatic N) is 1. The van der Waals surface area contributed by atoms with Crippen LogP contribution in [0.3, 0.4) is 0 Å². The molecule has 0 saturated carbocycles. The van der Waals surface area contributed by atoms with E-state index in [0.29, 0.717) is 22.2 Å². The SMILES string of the molecule is CCc1sc(C(=O)NNC(=O)Cc2nc(-c3ccccc3)oc2C)cc1C. The molecule has 6 nitrogen and oxygen atoms in total. The molecule has 0 aliphatic heterocycles. The molecule has 0 fully saturated rings. The molecule has 3 rings (SSSR count). The Morgan fingerprint density at radius 1 is 1.15 bits per heavy atom. The summed E-state index contributed by atoms with van der Waals surface area (Å²) in [4.78, 5) is 30.5. The molecule has 2 amide bonds. The Kier molecular flexibility index (Phi) is 5.71. The van der Waals surface area contributed by atoms with E-state index >= 15 is 0 Å². The van der Waals surface area contributed by atoms with E-state index in [9.17, 15) is 9.59 Å². The Labute approximate surface area is 161 Å². The number of amides is 2. The molecule has 3 aromatic rings. The van der Waals surface area contributed by atoms with E-state index in [4.69, 9.17) is 4.42 Å². The topological polar surface area (TPSA) is 84.2 Å². The van der Waals surface area contributed by atoms with E-state index in [1.807, 2.05) is 50.2 Å². The Morgan fingerprint density at radius 2 is 1.89 bits per heavy atom. The van der Waals surface area contributed by atoms with E-state index in [-0.39, 0.29) is 18.2 Å². The normalized spacial score (nSPS) is 10.6. The van der Waals surface area contributed by atoms with Crippen molar-refractivity contribution in [2.75, 3.05) is 0 Å². The van der Waals surface area contributed by atoms with Crippen LogP contribution in [0.5, 0.6) is 0 Å². The molecule has 1 aromatic carbocycles. The van der Waals surface area contributed by atoms with Crippen LogP contribution in [0.25, 0.3) is 11.5 Å². The monoisotopic (exact) mass is 383 g/mol. The summed E-state index contributed by atoms with van der Waals surface area (Å²) in [6, 6.07) is 11.3. The van der Waals surface area contributed by atoms with Gasteiger partial charge in [-0.1, -0.05) is 25.1 Å². The fraction of sp³-hybridized carbons (Fsp3) is 0.250. The fourth-order valence-electron chi connectivity index (χ4n) is 2.66. The molecule has 0 aliphatic rings. The summed E-state index contributed by atoms with van der Waals surface area (Å²) in [5, 5.41) is 0. The standard InChI is InChI=1S/C20H21N3O3S/c1-4-16-12(2)10-17(27-16)19(25)23-22-18(24)11-15-13(3)26-20(21-15)14-8-6-5-7-9-14/h5-10H,4,11H2,1-3H3,(H,22,24)(H,23,25). The van der Waals surface area contributed by atoms with Crippen LogP contribution < -0.4 is 10.9 Å². The molecule has 0 atom stereocenters. The average molecular weight is 383 g/mol. The van der Waals surface area contributed by atoms with Gasteiger partial charge in [0.05, 0.1) is 17.0 Å². The average Bonchev–Trinajstić information content (AvgIpc) is 3.23. The zero-order valence-corrected chi connectivity index (χ0v) is 16.3. The van der Waals surface area contributed by atoms with Gasteiger partial charge in [0.1, 0.15) is 5.76 Å². The van der Waals surface area contributed by atoms with Gasteiger partial charge >= 0.3 is 0 Å². The van der Waals surface area contributed by atoms with Gasteiger partial charge in [0.25, 0.3) is 5.91 Å². The summed E-state index contributed by atoms with van der Waals surface area (Å²) in [7, 11) is 0. The molecular formula is C20H21N3O3S. The van der Waals surface area contributed by atoms with Gasteiger partial charge in [-0.3, -0.25) is 20.4 Å². The first-order valence-electron chi connectivity index (χ1n) is 8.68. The van der Waals surface area contributed by atoms with Crippen molar-refractivity contribution in [3.8, 4) is 11.5 Å². The highest BCUT2D eigenvalue weighted by molar-refractivity contribution is 7.14. The van der Waals surface area contributed by atoms with Crippen LogP contribution in [0.15, 0.2) is 40.8 Å². The zero-order valence-electron chi connectivity index (χ0n) is 15.5. The maximum Gasteiger partial charge on any atom is 0.279 e. The smallest absolute Gasteiger partial charge is 0.279 e. The van der Waals surface area contributed by atoms with Gasteiger partial charge in [-0.15, -0.1) is 11.3 Å². The molecule has 27 heavy (non-hydrogen) atoms. The second-order valence-electron chi connectivity index (χ2n) is 6.14. The molecule has 2 N–H and O–H groups in total. The summed E-state index contributed by atoms with van der Waals surface area (Å²) < 4.78 is 5.65. The zero-order chi connectivity index (χ0) is 19.4. The number of rotatable bonds is 5. The number of nitrogens with one attached hydrogen (secondary N) is 2. The Morgan fingerprint density at radius 3 is 2.56 bits per heavy atom. The van der Waals surface area contributed by atoms with E-state index in [1.54, 1.807) is 6.92 Å². The Bertz CT molecular complexity index is 960. The molecule has 2 aromatic heterocycles. The second kappa shape index (κ2) is 8.18. The third-order valence-electron chi connectivity index (χ3n) is 4.12. The largest absolute Gasteiger partial charge is 0.441 e. The van der Waals surface area contributed by atoms with Crippen molar-refractivity contribution < 1.29 is 14.0 Å². The van der Waals surface area contributed by atoms with Gasteiger partial charge < -0.3 is 4.42 Å². The minimum Gasteiger partial charge on any atom is -0.441 e. The second-order valence-corrected chi connectivity index (χ2v) is 7.27. The molecule has 140 valence electrons. The van der Waals surface area contributed by atoms with Crippen molar-refractivity contribution in [2.24, 2.45) is 0 Å². The Hall–Kier alpha value is -2.93. The Balaban J connectivity index is 1.59. The lowest BCUT2D eigenvalue weighted by Crippen LogP contribution is -2.42. The number of hydrogen-bond acceptors (Lipinski definition) is 5. The highest BCUT2D eigenvalue weighted by atomic mass is 32.1. The van der Waals surface area contributed by atoms with Crippen LogP contribution in [-0.4, -0.2) is 16.8 Å². The molecule has 0 spiro atoms. The van der Waals surface area contributed by atoms with Gasteiger partial charge in [0, 0.05) is 10.4 Å². The number of carbonyl (C=O) groups is 2. The maximum atomic E-state index is 12.2. The highest BCUT2D eigenvalue weighted by Crippen LogP contribution is 2.22. The van der Waals surface area contributed by atoms with Crippen LogP contribution in [0, 0.1) is 13.8 Å². The van der Waals surface area contributed by atoms with Crippen LogP contribution in [0.1, 0.15) is 38.5 Å². The van der Waals surface area contributed by atoms with Crippen LogP contribution >= 0.6 is 11.3 Å². The summed E-state index contributed by atoms with van der Waals surface area (Å²) >= 11 is 1.44. The number of aromatic nitrogens is 1. The minimum atomic E-state index is -0.358. The van der Waals surface area contributed by atoms with Crippen molar-refractivity contribution in [1.82, 2.24) is 15.8 Å². The van der Waals surface area contributed by atoms with Crippen molar-refractivity contribution in [3.05, 3.63) is 63.2 Å². The maximum absolute atomic E-state index is 12.2. The van der Waals surface area contributed by atoms with Gasteiger partial charge in [-0.05, 0) is 44.0 Å². The molecule has 0 unspecified atom stereocenters. The third kappa shape index (κ3) is 4.43. The number of hydrazine groups is 1. The molecule has 0 saturated heterocycles. The number of carbonyl (C=O) groups excluding carboxylic acids is 2. The molecule has 7 heteroatoms. The fourth-order valence-corrected chi connectivity index (χ4v) is 3.67. The first-order valence-corrected chi connectivity index (χ1v) is 9.49. The molecular weight excluding hydrogens is 362 g/mol. The lowest BCUT2D eigenvalue weighted by atomic mass is 10.2. The number of thiophene rings is 1. The quantitative estimate of drug-likeness (QED) is 0.660. The van der Waals surface area contributed by atoms with Crippen molar-refractivity contribution in [1.29, 1.82) is 0 Å². The van der Waals surface area contributed by atoms with Crippen molar-refractivity contribution >= 4 is 23.2 Å². The molecule has 0 bridgehead atoms. The molecule has 2 heterocycles. The van der Waals surface area contributed by atoms with E-state index in [1.165, 1.54) is 11.3 Å². The van der Waals surface area contributed by atoms with Gasteiger partial charge in [-0.25, -0.2) is 4.98 Å². The van der Waals surface area contributed by atoms with Crippen LogP contribution in [0.2, 0.25) is 0 Å². The number of hydrogen-bond donors (Lipinski definition) is 2. The molecule has 0 radical (unpaired) electrons. The summed E-state index contributed by atoms with van der Waals surface area (Å²) in [6.07, 6.45) is 0.900. The van der Waals surface area contributed by atoms with E-state index in [2.05, 4.69) is 15.8 Å². The van der Waals surface area contributed by atoms with Crippen LogP contribution in [0.4, 0.5) is 0 Å². The minimum absolute atomic E-state index is 0.0200. The summed E-state index contributed by atoms with van der Waals surface area (Å²) in [5.41, 5.74) is 7.37. The van der Waals surface area contributed by atoms with E-state index in [0.717, 1.165) is 22.4 Å². The van der Waals surface area contributed by atoms with Crippen molar-refractivity contribution in [3.63, 3.8) is 0 Å². The predicted octanol–water partition coefficient (Wildman–Crippen LogP) is 3.59. The van der Waals surface area contributed by atoms with Crippen LogP contribution in [-0.2, 0) is 17.6 Å². The lowest BCUT2D eigenvalue weighted by Gasteiger charge is -2.05. The summed E-state index contributed by atoms with van der Waals surface area (Å²) in [6.45, 7) is 5.79. The number of aryl methyl sites for hydroxylation is 3. The molecule has 0 aliphatic carbocycles. The lowest BCUT2D eigenvalue weighted by molar-refractivity contribution is -0.121. The number of benzene rings is 1. The van der Waals surface area contributed by atoms with Gasteiger partial charge in [-0.2, -0.15) is 0 Å². The summed E-state index contributed by atoms with van der Waals surface area (Å²) in [5.74, 6) is 0.374. The third-order valence-corrected chi connectivity index (χ3v) is 5.50. The highest BCUT2D eigenvalue weighted by Gasteiger charge is 2.16.